The molecule has 0 aliphatic heterocycles. The topological polar surface area (TPSA) is 82.3 Å². The predicted octanol–water partition coefficient (Wildman–Crippen LogP) is 1.59. The number of benzene rings is 1. The molecule has 0 N–H and O–H groups in total. The average molecular weight is 268 g/mol. The van der Waals surface area contributed by atoms with Gasteiger partial charge in [-0.15, -0.1) is 10.2 Å². The van der Waals surface area contributed by atoms with Crippen LogP contribution in [0.2, 0.25) is 0 Å². The third-order valence-electron chi connectivity index (χ3n) is 2.22. The molecule has 0 saturated carbocycles. The van der Waals surface area contributed by atoms with E-state index in [4.69, 9.17) is 8.60 Å². The molecule has 2 rings (SSSR count). The first-order valence-electron chi connectivity index (χ1n) is 5.22. The van der Waals surface area contributed by atoms with Gasteiger partial charge in [0.25, 0.3) is 10.1 Å². The maximum absolute atomic E-state index is 11.8. The second-order valence-corrected chi connectivity index (χ2v) is 5.36. The molecular formula is C11H12N2O4S. The number of aromatic nitrogens is 2. The molecule has 0 unspecified atom stereocenters. The van der Waals surface area contributed by atoms with E-state index in [0.29, 0.717) is 5.89 Å². The molecule has 1 aromatic carbocycles. The lowest BCUT2D eigenvalue weighted by atomic mass is 10.2. The summed E-state index contributed by atoms with van der Waals surface area (Å²) < 4.78 is 33.5. The zero-order valence-corrected chi connectivity index (χ0v) is 10.8. The van der Waals surface area contributed by atoms with E-state index < -0.39 is 10.1 Å². The molecule has 0 fully saturated rings. The summed E-state index contributed by atoms with van der Waals surface area (Å²) in [6, 6.07) is 6.38. The summed E-state index contributed by atoms with van der Waals surface area (Å²) in [6.45, 7) is 3.22. The number of hydrogen-bond acceptors (Lipinski definition) is 6. The molecule has 2 aromatic rings. The lowest BCUT2D eigenvalue weighted by molar-refractivity contribution is 0.265. The van der Waals surface area contributed by atoms with Gasteiger partial charge in [-0.1, -0.05) is 17.7 Å². The van der Waals surface area contributed by atoms with E-state index in [-0.39, 0.29) is 17.4 Å². The van der Waals surface area contributed by atoms with Crippen LogP contribution in [0, 0.1) is 13.8 Å². The molecule has 18 heavy (non-hydrogen) atoms. The average Bonchev–Trinajstić information content (AvgIpc) is 2.73. The second kappa shape index (κ2) is 4.87. The Hall–Kier alpha value is -1.73. The Labute approximate surface area is 105 Å². The van der Waals surface area contributed by atoms with E-state index >= 15 is 0 Å². The van der Waals surface area contributed by atoms with Crippen LogP contribution in [0.3, 0.4) is 0 Å². The van der Waals surface area contributed by atoms with Gasteiger partial charge in [0.2, 0.25) is 11.8 Å². The van der Waals surface area contributed by atoms with Gasteiger partial charge in [-0.3, -0.25) is 4.18 Å². The standard InChI is InChI=1S/C11H12N2O4S/c1-8-3-5-10(6-4-8)18(14,15)16-7-11-13-12-9(2)17-11/h3-6H,7H2,1-2H3. The summed E-state index contributed by atoms with van der Waals surface area (Å²) in [5.74, 6) is 0.490. The summed E-state index contributed by atoms with van der Waals surface area (Å²) in [4.78, 5) is 0.101. The molecule has 1 aromatic heterocycles. The molecule has 0 aliphatic carbocycles. The van der Waals surface area contributed by atoms with Crippen molar-refractivity contribution in [3.8, 4) is 0 Å². The highest BCUT2D eigenvalue weighted by Gasteiger charge is 2.16. The first-order valence-corrected chi connectivity index (χ1v) is 6.63. The third kappa shape index (κ3) is 2.93. The van der Waals surface area contributed by atoms with Gasteiger partial charge in [0.15, 0.2) is 0 Å². The lowest BCUT2D eigenvalue weighted by Gasteiger charge is -2.03. The van der Waals surface area contributed by atoms with Crippen LogP contribution in [-0.2, 0) is 20.9 Å². The molecule has 0 atom stereocenters. The summed E-state index contributed by atoms with van der Waals surface area (Å²) in [5.41, 5.74) is 0.974. The van der Waals surface area contributed by atoms with E-state index in [0.717, 1.165) is 5.56 Å². The summed E-state index contributed by atoms with van der Waals surface area (Å²) in [7, 11) is -3.79. The molecule has 0 amide bonds. The van der Waals surface area contributed by atoms with Gasteiger partial charge in [-0.2, -0.15) is 8.42 Å². The highest BCUT2D eigenvalue weighted by atomic mass is 32.2. The maximum Gasteiger partial charge on any atom is 0.297 e. The van der Waals surface area contributed by atoms with Crippen molar-refractivity contribution in [2.45, 2.75) is 25.3 Å². The Bertz CT molecular complexity index is 631. The van der Waals surface area contributed by atoms with Crippen LogP contribution in [-0.4, -0.2) is 18.6 Å². The van der Waals surface area contributed by atoms with Crippen LogP contribution in [0.4, 0.5) is 0 Å². The number of aryl methyl sites for hydroxylation is 2. The largest absolute Gasteiger partial charge is 0.423 e. The minimum absolute atomic E-state index is 0.101. The molecule has 0 bridgehead atoms. The monoisotopic (exact) mass is 268 g/mol. The maximum atomic E-state index is 11.8. The fourth-order valence-corrected chi connectivity index (χ4v) is 2.16. The first-order chi connectivity index (χ1) is 8.47. The number of nitrogens with zero attached hydrogens (tertiary/aromatic N) is 2. The van der Waals surface area contributed by atoms with Gasteiger partial charge in [0, 0.05) is 6.92 Å². The SMILES string of the molecule is Cc1ccc(S(=O)(=O)OCc2nnc(C)o2)cc1. The number of hydrogen-bond donors (Lipinski definition) is 0. The summed E-state index contributed by atoms with van der Waals surface area (Å²) in [6.07, 6.45) is 0. The first kappa shape index (κ1) is 12.7. The highest BCUT2D eigenvalue weighted by Crippen LogP contribution is 2.14. The van der Waals surface area contributed by atoms with E-state index in [9.17, 15) is 8.42 Å². The van der Waals surface area contributed by atoms with Crippen LogP contribution < -0.4 is 0 Å². The Morgan fingerprint density at radius 1 is 1.17 bits per heavy atom. The normalized spacial score (nSPS) is 11.7. The fraction of sp³-hybridized carbons (Fsp3) is 0.273. The second-order valence-electron chi connectivity index (χ2n) is 3.74. The molecule has 0 saturated heterocycles. The lowest BCUT2D eigenvalue weighted by Crippen LogP contribution is -2.06. The summed E-state index contributed by atoms with van der Waals surface area (Å²) in [5, 5.41) is 7.23. The van der Waals surface area contributed by atoms with Crippen LogP contribution in [0.1, 0.15) is 17.3 Å². The Morgan fingerprint density at radius 3 is 2.39 bits per heavy atom. The summed E-state index contributed by atoms with van der Waals surface area (Å²) >= 11 is 0. The quantitative estimate of drug-likeness (QED) is 0.783. The van der Waals surface area contributed by atoms with Gasteiger partial charge < -0.3 is 4.42 Å². The molecular weight excluding hydrogens is 256 g/mol. The van der Waals surface area contributed by atoms with E-state index in [1.165, 1.54) is 12.1 Å². The zero-order valence-electron chi connectivity index (χ0n) is 9.95. The fourth-order valence-electron chi connectivity index (χ4n) is 1.30. The van der Waals surface area contributed by atoms with Crippen LogP contribution in [0.15, 0.2) is 33.6 Å². The van der Waals surface area contributed by atoms with Crippen molar-refractivity contribution in [3.63, 3.8) is 0 Å². The minimum Gasteiger partial charge on any atom is -0.423 e. The van der Waals surface area contributed by atoms with E-state index in [1.807, 2.05) is 6.92 Å². The van der Waals surface area contributed by atoms with Crippen LogP contribution in [0.25, 0.3) is 0 Å². The third-order valence-corrected chi connectivity index (χ3v) is 3.49. The van der Waals surface area contributed by atoms with Crippen molar-refractivity contribution in [1.29, 1.82) is 0 Å². The highest BCUT2D eigenvalue weighted by molar-refractivity contribution is 7.86. The Balaban J connectivity index is 2.10. The number of rotatable bonds is 4. The van der Waals surface area contributed by atoms with Crippen molar-refractivity contribution in [2.75, 3.05) is 0 Å². The van der Waals surface area contributed by atoms with Gasteiger partial charge >= 0.3 is 0 Å². The van der Waals surface area contributed by atoms with Gasteiger partial charge in [-0.05, 0) is 19.1 Å². The van der Waals surface area contributed by atoms with Crippen molar-refractivity contribution < 1.29 is 17.0 Å². The van der Waals surface area contributed by atoms with Gasteiger partial charge in [0.1, 0.15) is 6.61 Å². The molecule has 1 heterocycles. The molecule has 7 heteroatoms. The molecule has 0 radical (unpaired) electrons. The molecule has 96 valence electrons. The Morgan fingerprint density at radius 2 is 1.83 bits per heavy atom. The van der Waals surface area contributed by atoms with Gasteiger partial charge in [0.05, 0.1) is 4.90 Å². The van der Waals surface area contributed by atoms with Crippen molar-refractivity contribution >= 4 is 10.1 Å². The van der Waals surface area contributed by atoms with E-state index in [2.05, 4.69) is 10.2 Å². The predicted molar refractivity (Wildman–Crippen MR) is 62.2 cm³/mol. The Kier molecular flexibility index (Phi) is 3.44. The van der Waals surface area contributed by atoms with Crippen molar-refractivity contribution in [3.05, 3.63) is 41.6 Å². The van der Waals surface area contributed by atoms with Gasteiger partial charge in [-0.25, -0.2) is 0 Å². The zero-order chi connectivity index (χ0) is 13.2. The molecule has 0 aliphatic rings. The van der Waals surface area contributed by atoms with Crippen molar-refractivity contribution in [2.24, 2.45) is 0 Å². The molecule has 0 spiro atoms. The molecule has 6 nitrogen and oxygen atoms in total. The van der Waals surface area contributed by atoms with Crippen LogP contribution in [0.5, 0.6) is 0 Å². The van der Waals surface area contributed by atoms with Crippen LogP contribution >= 0.6 is 0 Å². The van der Waals surface area contributed by atoms with Crippen molar-refractivity contribution in [1.82, 2.24) is 10.2 Å². The van der Waals surface area contributed by atoms with E-state index in [1.54, 1.807) is 19.1 Å². The minimum atomic E-state index is -3.79. The smallest absolute Gasteiger partial charge is 0.297 e.